The molecule has 6 nitrogen and oxygen atoms in total. The minimum absolute atomic E-state index is 0.0937. The lowest BCUT2D eigenvalue weighted by Gasteiger charge is -2.10. The molecule has 10 heteroatoms. The number of aromatic nitrogens is 3. The van der Waals surface area contributed by atoms with E-state index >= 15 is 0 Å². The second-order valence-corrected chi connectivity index (χ2v) is 4.95. The molecule has 0 aliphatic carbocycles. The first-order valence-electron chi connectivity index (χ1n) is 6.93. The Morgan fingerprint density at radius 2 is 2.08 bits per heavy atom. The van der Waals surface area contributed by atoms with E-state index in [9.17, 15) is 22.4 Å². The monoisotopic (exact) mass is 354 g/mol. The Labute approximate surface area is 138 Å². The molecule has 0 unspecified atom stereocenters. The molecule has 0 aliphatic heterocycles. The Kier molecular flexibility index (Phi) is 4.26. The minimum Gasteiger partial charge on any atom is -0.403 e. The average Bonchev–Trinajstić information content (AvgIpc) is 2.96. The van der Waals surface area contributed by atoms with Crippen LogP contribution in [0.15, 0.2) is 43.0 Å². The summed E-state index contributed by atoms with van der Waals surface area (Å²) < 4.78 is 55.0. The molecule has 2 heterocycles. The van der Waals surface area contributed by atoms with Gasteiger partial charge in [0.05, 0.1) is 17.9 Å². The van der Waals surface area contributed by atoms with Crippen molar-refractivity contribution in [1.29, 1.82) is 0 Å². The lowest BCUT2D eigenvalue weighted by Crippen LogP contribution is -2.23. The average molecular weight is 354 g/mol. The van der Waals surface area contributed by atoms with E-state index < -0.39 is 23.8 Å². The highest BCUT2D eigenvalue weighted by Crippen LogP contribution is 2.26. The van der Waals surface area contributed by atoms with Crippen molar-refractivity contribution in [3.8, 4) is 5.75 Å². The van der Waals surface area contributed by atoms with Crippen LogP contribution in [0.2, 0.25) is 0 Å². The molecule has 1 aromatic carbocycles. The Morgan fingerprint density at radius 3 is 2.80 bits per heavy atom. The molecule has 1 N–H and O–H groups in total. The van der Waals surface area contributed by atoms with E-state index in [1.807, 2.05) is 0 Å². The number of benzene rings is 1. The molecular weight excluding hydrogens is 344 g/mol. The first-order valence-corrected chi connectivity index (χ1v) is 6.93. The number of hydrogen-bond acceptors (Lipinski definition) is 4. The van der Waals surface area contributed by atoms with E-state index in [-0.39, 0.29) is 12.1 Å². The van der Waals surface area contributed by atoms with Gasteiger partial charge in [0.2, 0.25) is 0 Å². The number of amides is 1. The maximum Gasteiger partial charge on any atom is 0.573 e. The number of carbonyl (C=O) groups excluding carboxylic acids is 1. The van der Waals surface area contributed by atoms with Crippen molar-refractivity contribution < 1.29 is 27.1 Å². The Hall–Kier alpha value is -3.17. The van der Waals surface area contributed by atoms with Crippen LogP contribution in [0, 0.1) is 5.82 Å². The fourth-order valence-corrected chi connectivity index (χ4v) is 2.15. The Morgan fingerprint density at radius 1 is 1.28 bits per heavy atom. The van der Waals surface area contributed by atoms with Crippen molar-refractivity contribution in [3.05, 3.63) is 59.9 Å². The maximum atomic E-state index is 13.6. The third-order valence-electron chi connectivity index (χ3n) is 3.26. The molecule has 130 valence electrons. The molecule has 2 aromatic heterocycles. The molecule has 1 amide bonds. The summed E-state index contributed by atoms with van der Waals surface area (Å²) in [7, 11) is 0. The third-order valence-corrected chi connectivity index (χ3v) is 3.26. The van der Waals surface area contributed by atoms with E-state index in [2.05, 4.69) is 20.1 Å². The fourth-order valence-electron chi connectivity index (χ4n) is 2.15. The maximum absolute atomic E-state index is 13.6. The molecule has 0 radical (unpaired) electrons. The van der Waals surface area contributed by atoms with Crippen LogP contribution in [0.1, 0.15) is 15.9 Å². The van der Waals surface area contributed by atoms with Crippen LogP contribution in [-0.4, -0.2) is 26.9 Å². The van der Waals surface area contributed by atoms with Gasteiger partial charge in [-0.25, -0.2) is 8.91 Å². The highest BCUT2D eigenvalue weighted by Gasteiger charge is 2.32. The van der Waals surface area contributed by atoms with Gasteiger partial charge in [0, 0.05) is 30.1 Å². The summed E-state index contributed by atoms with van der Waals surface area (Å²) in [5.41, 5.74) is 1.23. The van der Waals surface area contributed by atoms with Crippen LogP contribution in [0.25, 0.3) is 5.52 Å². The van der Waals surface area contributed by atoms with Gasteiger partial charge in [0.1, 0.15) is 0 Å². The molecule has 3 rings (SSSR count). The number of alkyl halides is 3. The normalized spacial score (nSPS) is 11.5. The number of rotatable bonds is 4. The van der Waals surface area contributed by atoms with Gasteiger partial charge in [-0.3, -0.25) is 9.78 Å². The summed E-state index contributed by atoms with van der Waals surface area (Å²) in [6.45, 7) is 0.0937. The van der Waals surface area contributed by atoms with Crippen LogP contribution < -0.4 is 10.1 Å². The zero-order chi connectivity index (χ0) is 18.0. The lowest BCUT2D eigenvalue weighted by molar-refractivity contribution is -0.275. The van der Waals surface area contributed by atoms with E-state index in [0.29, 0.717) is 17.1 Å². The molecule has 0 saturated carbocycles. The molecule has 0 aliphatic rings. The van der Waals surface area contributed by atoms with Crippen LogP contribution >= 0.6 is 0 Å². The van der Waals surface area contributed by atoms with Gasteiger partial charge in [0.15, 0.2) is 11.6 Å². The highest BCUT2D eigenvalue weighted by molar-refractivity contribution is 5.94. The van der Waals surface area contributed by atoms with E-state index in [0.717, 1.165) is 12.1 Å². The van der Waals surface area contributed by atoms with Crippen molar-refractivity contribution in [2.24, 2.45) is 0 Å². The van der Waals surface area contributed by atoms with Gasteiger partial charge >= 0.3 is 6.36 Å². The van der Waals surface area contributed by atoms with Crippen molar-refractivity contribution in [1.82, 2.24) is 19.9 Å². The van der Waals surface area contributed by atoms with Gasteiger partial charge in [-0.1, -0.05) is 0 Å². The highest BCUT2D eigenvalue weighted by atomic mass is 19.4. The Balaban J connectivity index is 1.70. The lowest BCUT2D eigenvalue weighted by atomic mass is 10.2. The largest absolute Gasteiger partial charge is 0.573 e. The van der Waals surface area contributed by atoms with E-state index in [1.165, 1.54) is 6.20 Å². The summed E-state index contributed by atoms with van der Waals surface area (Å²) in [5, 5.41) is 6.61. The van der Waals surface area contributed by atoms with Crippen LogP contribution in [0.3, 0.4) is 0 Å². The SMILES string of the molecule is O=C(NCc1cnn2ccncc12)c1ccc(OC(F)(F)F)c(F)c1. The van der Waals surface area contributed by atoms with Crippen molar-refractivity contribution in [2.75, 3.05) is 0 Å². The van der Waals surface area contributed by atoms with Crippen molar-refractivity contribution >= 4 is 11.4 Å². The number of hydrogen-bond donors (Lipinski definition) is 1. The van der Waals surface area contributed by atoms with Crippen molar-refractivity contribution in [2.45, 2.75) is 12.9 Å². The standard InChI is InChI=1S/C15H10F4N4O2/c16-11-5-9(1-2-13(11)25-15(17,18)19)14(24)21-6-10-7-22-23-4-3-20-8-12(10)23/h1-5,7-8H,6H2,(H,21,24). The summed E-state index contributed by atoms with van der Waals surface area (Å²) in [6, 6.07) is 2.46. The molecule has 0 spiro atoms. The molecule has 25 heavy (non-hydrogen) atoms. The quantitative estimate of drug-likeness (QED) is 0.732. The predicted octanol–water partition coefficient (Wildman–Crippen LogP) is 2.70. The first-order chi connectivity index (χ1) is 11.8. The second-order valence-electron chi connectivity index (χ2n) is 4.95. The molecular formula is C15H10F4N4O2. The number of ether oxygens (including phenoxy) is 1. The van der Waals surface area contributed by atoms with Gasteiger partial charge in [-0.15, -0.1) is 13.2 Å². The van der Waals surface area contributed by atoms with Crippen LogP contribution in [0.4, 0.5) is 17.6 Å². The smallest absolute Gasteiger partial charge is 0.403 e. The Bertz CT molecular complexity index is 923. The van der Waals surface area contributed by atoms with E-state index in [4.69, 9.17) is 0 Å². The van der Waals surface area contributed by atoms with Gasteiger partial charge < -0.3 is 10.1 Å². The first kappa shape index (κ1) is 16.7. The number of nitrogens with zero attached hydrogens (tertiary/aromatic N) is 3. The minimum atomic E-state index is -5.01. The summed E-state index contributed by atoms with van der Waals surface area (Å²) in [6.07, 6.45) is 1.28. The molecule has 0 saturated heterocycles. The summed E-state index contributed by atoms with van der Waals surface area (Å²) >= 11 is 0. The van der Waals surface area contributed by atoms with Gasteiger partial charge in [0.25, 0.3) is 5.91 Å². The second kappa shape index (κ2) is 6.38. The van der Waals surface area contributed by atoms with Crippen LogP contribution in [-0.2, 0) is 6.54 Å². The third kappa shape index (κ3) is 3.84. The van der Waals surface area contributed by atoms with Gasteiger partial charge in [-0.05, 0) is 18.2 Å². The predicted molar refractivity (Wildman–Crippen MR) is 77.2 cm³/mol. The molecule has 3 aromatic rings. The number of fused-ring (bicyclic) bond motifs is 1. The number of nitrogens with one attached hydrogen (secondary N) is 1. The molecule has 0 fully saturated rings. The van der Waals surface area contributed by atoms with Crippen LogP contribution in [0.5, 0.6) is 5.75 Å². The number of halogens is 4. The number of carbonyl (C=O) groups is 1. The fraction of sp³-hybridized carbons (Fsp3) is 0.133. The van der Waals surface area contributed by atoms with E-state index in [1.54, 1.807) is 23.1 Å². The summed E-state index contributed by atoms with van der Waals surface area (Å²) in [5.74, 6) is -2.94. The molecule has 0 atom stereocenters. The van der Waals surface area contributed by atoms with Gasteiger partial charge in [-0.2, -0.15) is 5.10 Å². The zero-order valence-corrected chi connectivity index (χ0v) is 12.4. The molecule has 0 bridgehead atoms. The summed E-state index contributed by atoms with van der Waals surface area (Å²) in [4.78, 5) is 16.0. The topological polar surface area (TPSA) is 68.5 Å². The van der Waals surface area contributed by atoms with Crippen molar-refractivity contribution in [3.63, 3.8) is 0 Å². The zero-order valence-electron chi connectivity index (χ0n) is 12.4.